The second kappa shape index (κ2) is 4.40. The fourth-order valence-corrected chi connectivity index (χ4v) is 1.81. The van der Waals surface area contributed by atoms with Crippen LogP contribution in [0.1, 0.15) is 10.6 Å². The fourth-order valence-electron chi connectivity index (χ4n) is 1.36. The van der Waals surface area contributed by atoms with Crippen LogP contribution in [0, 0.1) is 0 Å². The Morgan fingerprint density at radius 1 is 1.53 bits per heavy atom. The van der Waals surface area contributed by atoms with Gasteiger partial charge in [-0.2, -0.15) is 0 Å². The molecule has 0 saturated carbocycles. The maximum absolute atomic E-state index is 10.7. The number of nitrogens with zero attached hydrogens (tertiary/aromatic N) is 2. The van der Waals surface area contributed by atoms with Gasteiger partial charge < -0.3 is 14.5 Å². The number of benzene rings is 1. The van der Waals surface area contributed by atoms with Gasteiger partial charge in [0.25, 0.3) is 0 Å². The first-order valence-corrected chi connectivity index (χ1v) is 4.73. The van der Waals surface area contributed by atoms with Gasteiger partial charge in [0.2, 0.25) is 0 Å². The van der Waals surface area contributed by atoms with Crippen LogP contribution in [0.25, 0.3) is 11.0 Å². The van der Waals surface area contributed by atoms with Crippen molar-refractivity contribution in [3.63, 3.8) is 0 Å². The van der Waals surface area contributed by atoms with Crippen LogP contribution in [0.4, 0.5) is 0 Å². The van der Waals surface area contributed by atoms with Crippen molar-refractivity contribution in [1.29, 1.82) is 0 Å². The van der Waals surface area contributed by atoms with E-state index in [2.05, 4.69) is 20.9 Å². The third-order valence-corrected chi connectivity index (χ3v) is 2.68. The first-order valence-electron chi connectivity index (χ1n) is 3.93. The standard InChI is InChI=1S/C9H7BrN2O2.Li/c1-12-6-4-2-3-5(10)7(6)11-8(12)9(13)14;/h2-4H,1H3,(H,13,14);/q;+1/p-1. The molecule has 2 aromatic rings. The quantitative estimate of drug-likeness (QED) is 0.543. The van der Waals surface area contributed by atoms with Gasteiger partial charge in [-0.1, -0.05) is 6.07 Å². The Morgan fingerprint density at radius 2 is 2.20 bits per heavy atom. The molecule has 1 aromatic heterocycles. The Hall–Kier alpha value is -0.763. The number of aryl methyl sites for hydroxylation is 1. The van der Waals surface area contributed by atoms with E-state index in [1.807, 2.05) is 12.1 Å². The van der Waals surface area contributed by atoms with Crippen molar-refractivity contribution in [3.8, 4) is 0 Å². The Labute approximate surface area is 107 Å². The minimum atomic E-state index is -1.27. The zero-order valence-corrected chi connectivity index (χ0v) is 9.91. The Bertz CT molecular complexity index is 524. The molecule has 1 aromatic carbocycles. The molecule has 72 valence electrons. The average molecular weight is 261 g/mol. The Morgan fingerprint density at radius 3 is 2.73 bits per heavy atom. The smallest absolute Gasteiger partial charge is 0.542 e. The number of imidazole rings is 1. The van der Waals surface area contributed by atoms with Crippen LogP contribution in [0.2, 0.25) is 0 Å². The summed E-state index contributed by atoms with van der Waals surface area (Å²) in [5.74, 6) is -1.33. The number of halogens is 1. The molecule has 0 aliphatic carbocycles. The number of aromatic carboxylic acids is 1. The molecule has 0 spiro atoms. The van der Waals surface area contributed by atoms with Crippen LogP contribution in [0.5, 0.6) is 0 Å². The summed E-state index contributed by atoms with van der Waals surface area (Å²) in [5, 5.41) is 10.7. The number of carboxylic acids is 1. The molecule has 0 aliphatic heterocycles. The summed E-state index contributed by atoms with van der Waals surface area (Å²) in [6.45, 7) is 0. The minimum Gasteiger partial charge on any atom is -0.542 e. The molecule has 0 aliphatic rings. The molecule has 4 nitrogen and oxygen atoms in total. The topological polar surface area (TPSA) is 58.0 Å². The molecule has 0 bridgehead atoms. The maximum Gasteiger partial charge on any atom is 1.00 e. The molecule has 0 fully saturated rings. The average Bonchev–Trinajstić information content (AvgIpc) is 2.46. The molecule has 15 heavy (non-hydrogen) atoms. The van der Waals surface area contributed by atoms with Crippen molar-refractivity contribution in [2.75, 3.05) is 0 Å². The van der Waals surface area contributed by atoms with E-state index in [-0.39, 0.29) is 24.7 Å². The van der Waals surface area contributed by atoms with E-state index in [9.17, 15) is 9.90 Å². The number of carbonyl (C=O) groups is 1. The normalized spacial score (nSPS) is 10.0. The molecule has 1 heterocycles. The van der Waals surface area contributed by atoms with Gasteiger partial charge in [-0.25, -0.2) is 4.98 Å². The van der Waals surface area contributed by atoms with Gasteiger partial charge in [0.05, 0.1) is 5.52 Å². The summed E-state index contributed by atoms with van der Waals surface area (Å²) in [4.78, 5) is 14.7. The number of aromatic nitrogens is 2. The number of hydrogen-bond acceptors (Lipinski definition) is 3. The second-order valence-corrected chi connectivity index (χ2v) is 3.74. The zero-order chi connectivity index (χ0) is 10.3. The summed E-state index contributed by atoms with van der Waals surface area (Å²) in [6, 6.07) is 5.45. The Balaban J connectivity index is 0.00000112. The molecule has 0 N–H and O–H groups in total. The van der Waals surface area contributed by atoms with Gasteiger partial charge in [0.15, 0.2) is 5.82 Å². The third kappa shape index (κ3) is 1.96. The summed E-state index contributed by atoms with van der Waals surface area (Å²) in [7, 11) is 1.65. The third-order valence-electron chi connectivity index (χ3n) is 2.04. The maximum atomic E-state index is 10.7. The van der Waals surface area contributed by atoms with Gasteiger partial charge in [-0.15, -0.1) is 0 Å². The van der Waals surface area contributed by atoms with E-state index in [0.29, 0.717) is 5.52 Å². The van der Waals surface area contributed by atoms with Crippen molar-refractivity contribution in [2.24, 2.45) is 7.05 Å². The summed E-state index contributed by atoms with van der Waals surface area (Å²) in [6.07, 6.45) is 0. The van der Waals surface area contributed by atoms with E-state index in [4.69, 9.17) is 0 Å². The van der Waals surface area contributed by atoms with E-state index >= 15 is 0 Å². The molecule has 2 rings (SSSR count). The molecule has 0 saturated heterocycles. The molecule has 0 unspecified atom stereocenters. The summed E-state index contributed by atoms with van der Waals surface area (Å²) in [5.41, 5.74) is 1.40. The van der Waals surface area contributed by atoms with Crippen LogP contribution in [-0.4, -0.2) is 15.5 Å². The molecule has 0 radical (unpaired) electrons. The van der Waals surface area contributed by atoms with Gasteiger partial charge in [-0.05, 0) is 28.1 Å². The predicted molar refractivity (Wildman–Crippen MR) is 52.7 cm³/mol. The van der Waals surface area contributed by atoms with Crippen LogP contribution in [0.15, 0.2) is 22.7 Å². The van der Waals surface area contributed by atoms with Crippen LogP contribution in [0.3, 0.4) is 0 Å². The predicted octanol–water partition coefficient (Wildman–Crippen LogP) is -2.30. The van der Waals surface area contributed by atoms with Crippen molar-refractivity contribution >= 4 is 32.9 Å². The summed E-state index contributed by atoms with van der Waals surface area (Å²) >= 11 is 3.30. The van der Waals surface area contributed by atoms with Crippen molar-refractivity contribution in [2.45, 2.75) is 0 Å². The largest absolute Gasteiger partial charge is 1.00 e. The molecular formula is C9H6BrLiN2O2. The number of carboxylic acid groups (broad SMARTS) is 1. The number of rotatable bonds is 1. The minimum absolute atomic E-state index is 0. The van der Waals surface area contributed by atoms with Crippen molar-refractivity contribution in [1.82, 2.24) is 9.55 Å². The van der Waals surface area contributed by atoms with Gasteiger partial charge >= 0.3 is 18.9 Å². The van der Waals surface area contributed by atoms with Crippen molar-refractivity contribution in [3.05, 3.63) is 28.5 Å². The van der Waals surface area contributed by atoms with E-state index in [1.165, 1.54) is 4.57 Å². The number of para-hydroxylation sites is 1. The first-order chi connectivity index (χ1) is 6.61. The SMILES string of the molecule is Cn1c(C(=O)[O-])nc2c(Br)cccc21.[Li+]. The van der Waals surface area contributed by atoms with Gasteiger partial charge in [0, 0.05) is 11.5 Å². The van der Waals surface area contributed by atoms with Crippen LogP contribution < -0.4 is 24.0 Å². The molecule has 0 atom stereocenters. The van der Waals surface area contributed by atoms with E-state index in [1.54, 1.807) is 13.1 Å². The fraction of sp³-hybridized carbons (Fsp3) is 0.111. The number of hydrogen-bond donors (Lipinski definition) is 0. The first kappa shape index (κ1) is 12.3. The number of carbonyl (C=O) groups excluding carboxylic acids is 1. The summed E-state index contributed by atoms with van der Waals surface area (Å²) < 4.78 is 2.27. The van der Waals surface area contributed by atoms with E-state index in [0.717, 1.165) is 9.99 Å². The zero-order valence-electron chi connectivity index (χ0n) is 8.32. The van der Waals surface area contributed by atoms with E-state index < -0.39 is 5.97 Å². The Kier molecular flexibility index (Phi) is 3.61. The number of fused-ring (bicyclic) bond motifs is 1. The van der Waals surface area contributed by atoms with Crippen LogP contribution in [-0.2, 0) is 7.05 Å². The van der Waals surface area contributed by atoms with Gasteiger partial charge in [0.1, 0.15) is 11.5 Å². The molecule has 6 heteroatoms. The second-order valence-electron chi connectivity index (χ2n) is 2.89. The molecular weight excluding hydrogens is 255 g/mol. The molecule has 0 amide bonds. The monoisotopic (exact) mass is 260 g/mol. The van der Waals surface area contributed by atoms with Crippen molar-refractivity contribution < 1.29 is 28.8 Å². The van der Waals surface area contributed by atoms with Gasteiger partial charge in [-0.3, -0.25) is 0 Å². The van der Waals surface area contributed by atoms with Crippen LogP contribution >= 0.6 is 15.9 Å².